The smallest absolute Gasteiger partial charge is 0.358 e. The minimum Gasteiger partial charge on any atom is -0.476 e. The average Bonchev–Trinajstić information content (AvgIpc) is 2.82. The van der Waals surface area contributed by atoms with Gasteiger partial charge in [-0.3, -0.25) is 0 Å². The fourth-order valence-corrected chi connectivity index (χ4v) is 2.71. The zero-order valence-electron chi connectivity index (χ0n) is 9.22. The molecule has 7 heteroatoms. The largest absolute Gasteiger partial charge is 0.476 e. The molecule has 2 aromatic rings. The molecule has 0 bridgehead atoms. The highest BCUT2D eigenvalue weighted by Gasteiger charge is 2.21. The van der Waals surface area contributed by atoms with Crippen LogP contribution in [0.4, 0.5) is 0 Å². The normalized spacial score (nSPS) is 11.1. The molecule has 2 heterocycles. The standard InChI is InChI=1S/C10H10BrN3O2S/c1-5(2)14-12-8(9(13-14)10(15)16)7-3-6(11)4-17-7/h3-5H,1-2H3,(H,15,16). The SMILES string of the molecule is CC(C)n1nc(C(=O)O)c(-c2cc(Br)cs2)n1. The summed E-state index contributed by atoms with van der Waals surface area (Å²) in [6.07, 6.45) is 0. The van der Waals surface area contributed by atoms with Crippen molar-refractivity contribution >= 4 is 33.2 Å². The second-order valence-corrected chi connectivity index (χ2v) is 5.57. The predicted octanol–water partition coefficient (Wildman–Crippen LogP) is 3.05. The van der Waals surface area contributed by atoms with E-state index in [0.717, 1.165) is 9.35 Å². The Balaban J connectivity index is 2.55. The van der Waals surface area contributed by atoms with Gasteiger partial charge in [0, 0.05) is 9.85 Å². The fourth-order valence-electron chi connectivity index (χ4n) is 1.30. The third-order valence-corrected chi connectivity index (χ3v) is 3.79. The number of rotatable bonds is 3. The predicted molar refractivity (Wildman–Crippen MR) is 68.4 cm³/mol. The van der Waals surface area contributed by atoms with E-state index in [1.54, 1.807) is 0 Å². The Hall–Kier alpha value is -1.21. The number of halogens is 1. The van der Waals surface area contributed by atoms with Crippen LogP contribution in [-0.4, -0.2) is 26.1 Å². The molecule has 0 aliphatic heterocycles. The van der Waals surface area contributed by atoms with Gasteiger partial charge in [0.15, 0.2) is 5.69 Å². The van der Waals surface area contributed by atoms with Crippen LogP contribution in [0, 0.1) is 0 Å². The number of aromatic carboxylic acids is 1. The van der Waals surface area contributed by atoms with E-state index >= 15 is 0 Å². The zero-order valence-corrected chi connectivity index (χ0v) is 11.6. The van der Waals surface area contributed by atoms with Crippen LogP contribution >= 0.6 is 27.3 Å². The second-order valence-electron chi connectivity index (χ2n) is 3.75. The van der Waals surface area contributed by atoms with Gasteiger partial charge in [0.1, 0.15) is 5.69 Å². The Labute approximate surface area is 110 Å². The van der Waals surface area contributed by atoms with Gasteiger partial charge >= 0.3 is 5.97 Å². The van der Waals surface area contributed by atoms with E-state index in [1.807, 2.05) is 25.3 Å². The first-order chi connectivity index (χ1) is 7.99. The summed E-state index contributed by atoms with van der Waals surface area (Å²) in [5.74, 6) is -1.06. The highest BCUT2D eigenvalue weighted by Crippen LogP contribution is 2.30. The Morgan fingerprint density at radius 2 is 2.24 bits per heavy atom. The fraction of sp³-hybridized carbons (Fsp3) is 0.300. The third kappa shape index (κ3) is 2.39. The molecule has 0 spiro atoms. The zero-order chi connectivity index (χ0) is 12.6. The van der Waals surface area contributed by atoms with Gasteiger partial charge in [0.25, 0.3) is 0 Å². The molecule has 0 atom stereocenters. The first-order valence-electron chi connectivity index (χ1n) is 4.93. The second kappa shape index (κ2) is 4.58. The van der Waals surface area contributed by atoms with Crippen LogP contribution in [-0.2, 0) is 0 Å². The lowest BCUT2D eigenvalue weighted by Crippen LogP contribution is -2.06. The number of carboxylic acid groups (broad SMARTS) is 1. The maximum absolute atomic E-state index is 11.1. The summed E-state index contributed by atoms with van der Waals surface area (Å²) >= 11 is 4.77. The van der Waals surface area contributed by atoms with Crippen LogP contribution in [0.1, 0.15) is 30.4 Å². The summed E-state index contributed by atoms with van der Waals surface area (Å²) in [7, 11) is 0. The minimum absolute atomic E-state index is 0.00644. The molecule has 1 N–H and O–H groups in total. The van der Waals surface area contributed by atoms with Gasteiger partial charge in [-0.2, -0.15) is 9.90 Å². The number of hydrogen-bond acceptors (Lipinski definition) is 4. The molecular weight excluding hydrogens is 306 g/mol. The molecule has 17 heavy (non-hydrogen) atoms. The number of thiophene rings is 1. The summed E-state index contributed by atoms with van der Waals surface area (Å²) in [5, 5.41) is 19.2. The number of nitrogens with zero attached hydrogens (tertiary/aromatic N) is 3. The lowest BCUT2D eigenvalue weighted by atomic mass is 10.3. The molecule has 2 rings (SSSR count). The van der Waals surface area contributed by atoms with Crippen molar-refractivity contribution in [3.05, 3.63) is 21.6 Å². The van der Waals surface area contributed by atoms with Gasteiger partial charge in [-0.25, -0.2) is 4.79 Å². The van der Waals surface area contributed by atoms with E-state index in [-0.39, 0.29) is 11.7 Å². The average molecular weight is 316 g/mol. The van der Waals surface area contributed by atoms with Crippen molar-refractivity contribution in [3.8, 4) is 10.6 Å². The summed E-state index contributed by atoms with van der Waals surface area (Å²) in [6, 6.07) is 1.87. The Bertz CT molecular complexity index is 562. The maximum Gasteiger partial charge on any atom is 0.358 e. The highest BCUT2D eigenvalue weighted by atomic mass is 79.9. The summed E-state index contributed by atoms with van der Waals surface area (Å²) in [6.45, 7) is 3.81. The van der Waals surface area contributed by atoms with E-state index in [2.05, 4.69) is 26.1 Å². The molecule has 0 fully saturated rings. The van der Waals surface area contributed by atoms with Crippen molar-refractivity contribution in [2.45, 2.75) is 19.9 Å². The third-order valence-electron chi connectivity index (χ3n) is 2.09. The highest BCUT2D eigenvalue weighted by molar-refractivity contribution is 9.10. The van der Waals surface area contributed by atoms with Crippen molar-refractivity contribution < 1.29 is 9.90 Å². The van der Waals surface area contributed by atoms with Crippen LogP contribution in [0.25, 0.3) is 10.6 Å². The van der Waals surface area contributed by atoms with Crippen molar-refractivity contribution in [1.29, 1.82) is 0 Å². The lowest BCUT2D eigenvalue weighted by Gasteiger charge is -2.00. The number of carboxylic acids is 1. The molecule has 0 aliphatic rings. The summed E-state index contributed by atoms with van der Waals surface area (Å²) < 4.78 is 0.910. The van der Waals surface area contributed by atoms with Crippen molar-refractivity contribution in [3.63, 3.8) is 0 Å². The topological polar surface area (TPSA) is 68.0 Å². The Kier molecular flexibility index (Phi) is 3.30. The number of aromatic nitrogens is 3. The molecular formula is C10H10BrN3O2S. The quantitative estimate of drug-likeness (QED) is 0.945. The molecule has 0 unspecified atom stereocenters. The molecule has 0 saturated heterocycles. The van der Waals surface area contributed by atoms with Crippen molar-refractivity contribution in [2.24, 2.45) is 0 Å². The molecule has 5 nitrogen and oxygen atoms in total. The van der Waals surface area contributed by atoms with Crippen molar-refractivity contribution in [1.82, 2.24) is 15.0 Å². The first-order valence-corrected chi connectivity index (χ1v) is 6.61. The van der Waals surface area contributed by atoms with Gasteiger partial charge in [0.2, 0.25) is 0 Å². The Morgan fingerprint density at radius 1 is 1.53 bits per heavy atom. The maximum atomic E-state index is 11.1. The molecule has 0 aliphatic carbocycles. The van der Waals surface area contributed by atoms with Crippen LogP contribution in [0.2, 0.25) is 0 Å². The minimum atomic E-state index is -1.06. The molecule has 0 aromatic carbocycles. The first kappa shape index (κ1) is 12.3. The van der Waals surface area contributed by atoms with E-state index in [9.17, 15) is 4.79 Å². The molecule has 2 aromatic heterocycles. The van der Waals surface area contributed by atoms with E-state index in [0.29, 0.717) is 5.69 Å². The van der Waals surface area contributed by atoms with E-state index < -0.39 is 5.97 Å². The van der Waals surface area contributed by atoms with Crippen molar-refractivity contribution in [2.75, 3.05) is 0 Å². The number of hydrogen-bond donors (Lipinski definition) is 1. The van der Waals surface area contributed by atoms with Crippen LogP contribution in [0.15, 0.2) is 15.9 Å². The van der Waals surface area contributed by atoms with Gasteiger partial charge in [-0.05, 0) is 35.8 Å². The van der Waals surface area contributed by atoms with Gasteiger partial charge in [0.05, 0.1) is 10.9 Å². The van der Waals surface area contributed by atoms with Gasteiger partial charge in [-0.1, -0.05) is 0 Å². The van der Waals surface area contributed by atoms with E-state index in [1.165, 1.54) is 16.1 Å². The monoisotopic (exact) mass is 315 g/mol. The molecule has 0 radical (unpaired) electrons. The molecule has 0 amide bonds. The summed E-state index contributed by atoms with van der Waals surface area (Å²) in [4.78, 5) is 13.3. The summed E-state index contributed by atoms with van der Waals surface area (Å²) in [5.41, 5.74) is 0.412. The Morgan fingerprint density at radius 3 is 2.71 bits per heavy atom. The van der Waals surface area contributed by atoms with Gasteiger partial charge in [-0.15, -0.1) is 16.4 Å². The molecule has 90 valence electrons. The van der Waals surface area contributed by atoms with Crippen LogP contribution in [0.5, 0.6) is 0 Å². The lowest BCUT2D eigenvalue weighted by molar-refractivity contribution is 0.0690. The van der Waals surface area contributed by atoms with Crippen LogP contribution < -0.4 is 0 Å². The molecule has 0 saturated carbocycles. The number of carbonyl (C=O) groups is 1. The van der Waals surface area contributed by atoms with E-state index in [4.69, 9.17) is 5.11 Å². The van der Waals surface area contributed by atoms with Gasteiger partial charge < -0.3 is 5.11 Å². The van der Waals surface area contributed by atoms with Crippen LogP contribution in [0.3, 0.4) is 0 Å².